The van der Waals surface area contributed by atoms with Crippen LogP contribution in [0.2, 0.25) is 5.02 Å². The maximum absolute atomic E-state index is 12.3. The number of nitrogens with zero attached hydrogens (tertiary/aromatic N) is 1. The lowest BCUT2D eigenvalue weighted by molar-refractivity contribution is 0.427. The van der Waals surface area contributed by atoms with Crippen LogP contribution >= 0.6 is 11.6 Å². The van der Waals surface area contributed by atoms with Crippen molar-refractivity contribution in [1.82, 2.24) is 9.71 Å². The average molecular weight is 305 g/mol. The number of hydrazine groups is 1. The summed E-state index contributed by atoms with van der Waals surface area (Å²) in [5.74, 6) is 5.44. The van der Waals surface area contributed by atoms with E-state index in [0.717, 1.165) is 25.7 Å². The number of pyridine rings is 1. The third-order valence-corrected chi connectivity index (χ3v) is 5.24. The van der Waals surface area contributed by atoms with Crippen molar-refractivity contribution >= 4 is 27.4 Å². The number of nitrogens with two attached hydrogens (primary N) is 1. The molecule has 0 amide bonds. The fraction of sp³-hybridized carbons (Fsp3) is 0.545. The van der Waals surface area contributed by atoms with E-state index in [1.165, 1.54) is 12.3 Å². The minimum atomic E-state index is -3.62. The minimum absolute atomic E-state index is 0.0459. The monoisotopic (exact) mass is 304 g/mol. The second-order valence-corrected chi connectivity index (χ2v) is 7.11. The molecule has 0 aromatic carbocycles. The Morgan fingerprint density at radius 1 is 1.42 bits per heavy atom. The third kappa shape index (κ3) is 3.17. The van der Waals surface area contributed by atoms with Crippen molar-refractivity contribution in [2.45, 2.75) is 43.0 Å². The molecule has 4 N–H and O–H groups in total. The van der Waals surface area contributed by atoms with Crippen LogP contribution in [0, 0.1) is 0 Å². The molecule has 1 aliphatic rings. The van der Waals surface area contributed by atoms with Crippen LogP contribution in [0.15, 0.2) is 17.2 Å². The van der Waals surface area contributed by atoms with Crippen LogP contribution in [0.3, 0.4) is 0 Å². The van der Waals surface area contributed by atoms with Crippen LogP contribution in [-0.2, 0) is 10.0 Å². The normalized spacial score (nSPS) is 18.5. The molecule has 2 rings (SSSR count). The Balaban J connectivity index is 2.27. The Morgan fingerprint density at radius 3 is 2.58 bits per heavy atom. The highest BCUT2D eigenvalue weighted by molar-refractivity contribution is 7.89. The van der Waals surface area contributed by atoms with Gasteiger partial charge in [0, 0.05) is 11.7 Å². The van der Waals surface area contributed by atoms with Crippen molar-refractivity contribution in [3.63, 3.8) is 0 Å². The predicted octanol–water partition coefficient (Wildman–Crippen LogP) is 1.63. The van der Waals surface area contributed by atoms with Gasteiger partial charge in [0.2, 0.25) is 10.0 Å². The number of hydrogen-bond acceptors (Lipinski definition) is 5. The first kappa shape index (κ1) is 14.5. The fourth-order valence-corrected chi connectivity index (χ4v) is 4.04. The summed E-state index contributed by atoms with van der Waals surface area (Å²) in [4.78, 5) is 3.92. The molecule has 0 bridgehead atoms. The van der Waals surface area contributed by atoms with Gasteiger partial charge in [-0.05, 0) is 25.8 Å². The molecular weight excluding hydrogens is 288 g/mol. The summed E-state index contributed by atoms with van der Waals surface area (Å²) in [6.07, 6.45) is 5.00. The Hall–Kier alpha value is -0.890. The molecule has 0 saturated heterocycles. The quantitative estimate of drug-likeness (QED) is 0.580. The molecule has 106 valence electrons. The molecule has 0 radical (unpaired) electrons. The Labute approximate surface area is 117 Å². The predicted molar refractivity (Wildman–Crippen MR) is 74.3 cm³/mol. The Kier molecular flexibility index (Phi) is 4.00. The standard InChI is InChI=1S/C11H17ClN4O2S/c1-11(4-2-3-5-11)16-19(17,18)8-6-9(12)10(15-13)14-7-8/h6-7,16H,2-5,13H2,1H3,(H,14,15). The highest BCUT2D eigenvalue weighted by Crippen LogP contribution is 2.31. The van der Waals surface area contributed by atoms with Crippen LogP contribution in [0.1, 0.15) is 32.6 Å². The van der Waals surface area contributed by atoms with E-state index in [2.05, 4.69) is 15.1 Å². The zero-order valence-electron chi connectivity index (χ0n) is 10.6. The first-order valence-corrected chi connectivity index (χ1v) is 7.89. The first-order chi connectivity index (χ1) is 8.86. The van der Waals surface area contributed by atoms with Crippen LogP contribution < -0.4 is 16.0 Å². The molecule has 1 saturated carbocycles. The van der Waals surface area contributed by atoms with Crippen LogP contribution in [-0.4, -0.2) is 18.9 Å². The lowest BCUT2D eigenvalue weighted by atomic mass is 10.0. The number of nitrogen functional groups attached to an aromatic ring is 1. The molecule has 19 heavy (non-hydrogen) atoms. The number of nitrogens with one attached hydrogen (secondary N) is 2. The lowest BCUT2D eigenvalue weighted by Crippen LogP contribution is -2.43. The SMILES string of the molecule is CC1(NS(=O)(=O)c2cnc(NN)c(Cl)c2)CCCC1. The van der Waals surface area contributed by atoms with Crippen molar-refractivity contribution in [1.29, 1.82) is 0 Å². The van der Waals surface area contributed by atoms with Crippen LogP contribution in [0.4, 0.5) is 5.82 Å². The van der Waals surface area contributed by atoms with Gasteiger partial charge >= 0.3 is 0 Å². The summed E-state index contributed by atoms with van der Waals surface area (Å²) in [6, 6.07) is 1.34. The molecular formula is C11H17ClN4O2S. The van der Waals surface area contributed by atoms with E-state index < -0.39 is 10.0 Å². The van der Waals surface area contributed by atoms with Crippen molar-refractivity contribution in [3.05, 3.63) is 17.3 Å². The smallest absolute Gasteiger partial charge is 0.242 e. The molecule has 1 heterocycles. The number of anilines is 1. The van der Waals surface area contributed by atoms with Gasteiger partial charge in [-0.25, -0.2) is 24.0 Å². The summed E-state index contributed by atoms with van der Waals surface area (Å²) >= 11 is 5.89. The van der Waals surface area contributed by atoms with Crippen LogP contribution in [0.5, 0.6) is 0 Å². The molecule has 0 atom stereocenters. The van der Waals surface area contributed by atoms with E-state index in [1.54, 1.807) is 0 Å². The molecule has 0 spiro atoms. The summed E-state index contributed by atoms with van der Waals surface area (Å²) in [7, 11) is -3.62. The molecule has 1 aromatic rings. The van der Waals surface area contributed by atoms with Gasteiger partial charge in [-0.3, -0.25) is 0 Å². The van der Waals surface area contributed by atoms with Crippen LogP contribution in [0.25, 0.3) is 0 Å². The van der Waals surface area contributed by atoms with E-state index >= 15 is 0 Å². The topological polar surface area (TPSA) is 97.1 Å². The van der Waals surface area contributed by atoms with Gasteiger partial charge in [0.05, 0.1) is 5.02 Å². The lowest BCUT2D eigenvalue weighted by Gasteiger charge is -2.24. The molecule has 6 nitrogen and oxygen atoms in total. The fourth-order valence-electron chi connectivity index (χ4n) is 2.31. The second-order valence-electron chi connectivity index (χ2n) is 5.02. The van der Waals surface area contributed by atoms with Gasteiger partial charge < -0.3 is 5.43 Å². The molecule has 1 aromatic heterocycles. The van der Waals surface area contributed by atoms with Gasteiger partial charge in [0.1, 0.15) is 4.90 Å². The van der Waals surface area contributed by atoms with Crippen molar-refractivity contribution in [3.8, 4) is 0 Å². The molecule has 8 heteroatoms. The zero-order chi connectivity index (χ0) is 14.1. The van der Waals surface area contributed by atoms with Gasteiger partial charge in [-0.1, -0.05) is 24.4 Å². The first-order valence-electron chi connectivity index (χ1n) is 6.02. The number of halogens is 1. The molecule has 1 aliphatic carbocycles. The molecule has 0 aliphatic heterocycles. The average Bonchev–Trinajstić information content (AvgIpc) is 2.74. The Bertz CT molecular complexity index is 570. The van der Waals surface area contributed by atoms with Gasteiger partial charge in [0.15, 0.2) is 5.82 Å². The van der Waals surface area contributed by atoms with E-state index in [1.807, 2.05) is 6.92 Å². The van der Waals surface area contributed by atoms with E-state index in [-0.39, 0.29) is 21.3 Å². The number of hydrogen-bond donors (Lipinski definition) is 3. The van der Waals surface area contributed by atoms with E-state index in [9.17, 15) is 8.42 Å². The minimum Gasteiger partial charge on any atom is -0.307 e. The third-order valence-electron chi connectivity index (χ3n) is 3.35. The largest absolute Gasteiger partial charge is 0.307 e. The number of aromatic nitrogens is 1. The summed E-state index contributed by atoms with van der Waals surface area (Å²) in [5, 5.41) is 0.168. The maximum Gasteiger partial charge on any atom is 0.242 e. The molecule has 1 fully saturated rings. The Morgan fingerprint density at radius 2 is 2.05 bits per heavy atom. The van der Waals surface area contributed by atoms with E-state index in [4.69, 9.17) is 17.4 Å². The van der Waals surface area contributed by atoms with Crippen molar-refractivity contribution in [2.24, 2.45) is 5.84 Å². The van der Waals surface area contributed by atoms with Gasteiger partial charge in [0.25, 0.3) is 0 Å². The number of rotatable bonds is 4. The summed E-state index contributed by atoms with van der Waals surface area (Å²) in [6.45, 7) is 1.92. The summed E-state index contributed by atoms with van der Waals surface area (Å²) in [5.41, 5.74) is 1.92. The second kappa shape index (κ2) is 5.24. The highest BCUT2D eigenvalue weighted by atomic mass is 35.5. The zero-order valence-corrected chi connectivity index (χ0v) is 12.2. The van der Waals surface area contributed by atoms with Gasteiger partial charge in [-0.2, -0.15) is 0 Å². The highest BCUT2D eigenvalue weighted by Gasteiger charge is 2.33. The maximum atomic E-state index is 12.3. The van der Waals surface area contributed by atoms with E-state index in [0.29, 0.717) is 0 Å². The summed E-state index contributed by atoms with van der Waals surface area (Å²) < 4.78 is 27.3. The molecule has 0 unspecified atom stereocenters. The van der Waals surface area contributed by atoms with Crippen molar-refractivity contribution in [2.75, 3.05) is 5.43 Å². The number of sulfonamides is 1. The van der Waals surface area contributed by atoms with Crippen molar-refractivity contribution < 1.29 is 8.42 Å². The van der Waals surface area contributed by atoms with Gasteiger partial charge in [-0.15, -0.1) is 0 Å².